The molecule has 88 valence electrons. The smallest absolute Gasteiger partial charge is 0.257 e. The Bertz CT molecular complexity index is 365. The van der Waals surface area contributed by atoms with Gasteiger partial charge in [0, 0.05) is 25.0 Å². The summed E-state index contributed by atoms with van der Waals surface area (Å²) in [6.07, 6.45) is 3.13. The summed E-state index contributed by atoms with van der Waals surface area (Å²) in [5.74, 6) is 5.30. The van der Waals surface area contributed by atoms with Gasteiger partial charge in [-0.25, -0.2) is 0 Å². The molecule has 0 aliphatic carbocycles. The Morgan fingerprint density at radius 2 is 2.31 bits per heavy atom. The number of nitrogens with zero attached hydrogens (tertiary/aromatic N) is 2. The number of hydrogen-bond donors (Lipinski definition) is 2. The van der Waals surface area contributed by atoms with Crippen LogP contribution in [0.1, 0.15) is 31.1 Å². The molecule has 5 heteroatoms. The number of nitrogens with two attached hydrogens (primary N) is 1. The molecule has 0 saturated carbocycles. The van der Waals surface area contributed by atoms with Gasteiger partial charge in [-0.1, -0.05) is 0 Å². The fourth-order valence-corrected chi connectivity index (χ4v) is 1.59. The van der Waals surface area contributed by atoms with Gasteiger partial charge >= 0.3 is 0 Å². The fraction of sp³-hybridized carbons (Fsp3) is 0.455. The normalized spacial score (nSPS) is 10.3. The Labute approximate surface area is 95.6 Å². The topological polar surface area (TPSA) is 71.2 Å². The Balaban J connectivity index is 3.03. The van der Waals surface area contributed by atoms with Crippen molar-refractivity contribution in [1.29, 1.82) is 0 Å². The van der Waals surface area contributed by atoms with Gasteiger partial charge in [0.15, 0.2) is 0 Å². The van der Waals surface area contributed by atoms with Crippen molar-refractivity contribution in [3.8, 4) is 0 Å². The highest BCUT2D eigenvalue weighted by Gasteiger charge is 2.19. The van der Waals surface area contributed by atoms with Crippen molar-refractivity contribution < 1.29 is 4.79 Å². The van der Waals surface area contributed by atoms with E-state index in [-0.39, 0.29) is 11.9 Å². The third-order valence-corrected chi connectivity index (χ3v) is 2.43. The van der Waals surface area contributed by atoms with Crippen LogP contribution in [-0.2, 0) is 0 Å². The minimum atomic E-state index is -0.0569. The average molecular weight is 222 g/mol. The van der Waals surface area contributed by atoms with E-state index in [0.717, 1.165) is 0 Å². The van der Waals surface area contributed by atoms with Crippen molar-refractivity contribution >= 4 is 11.6 Å². The number of carbonyl (C=O) groups excluding carboxylic acids is 1. The lowest BCUT2D eigenvalue weighted by Gasteiger charge is -2.25. The average Bonchev–Trinajstić information content (AvgIpc) is 2.29. The molecule has 1 aromatic heterocycles. The number of anilines is 1. The van der Waals surface area contributed by atoms with Crippen LogP contribution in [0.25, 0.3) is 0 Å². The van der Waals surface area contributed by atoms with Crippen molar-refractivity contribution in [1.82, 2.24) is 9.88 Å². The molecule has 1 heterocycles. The number of hydrazine groups is 1. The van der Waals surface area contributed by atoms with E-state index in [4.69, 9.17) is 5.84 Å². The standard InChI is InChI=1S/C11H18N4O/c1-4-15(8(2)3)11(16)9-7-13-6-5-10(9)14-12/h5-8H,4,12H2,1-3H3,(H,13,14). The van der Waals surface area contributed by atoms with Gasteiger partial charge in [-0.2, -0.15) is 0 Å². The highest BCUT2D eigenvalue weighted by atomic mass is 16.2. The van der Waals surface area contributed by atoms with Crippen molar-refractivity contribution in [3.63, 3.8) is 0 Å². The maximum absolute atomic E-state index is 12.2. The lowest BCUT2D eigenvalue weighted by molar-refractivity contribution is 0.0717. The van der Waals surface area contributed by atoms with Gasteiger partial charge in [-0.05, 0) is 26.8 Å². The maximum Gasteiger partial charge on any atom is 0.257 e. The van der Waals surface area contributed by atoms with Crippen LogP contribution in [0.15, 0.2) is 18.5 Å². The second-order valence-electron chi connectivity index (χ2n) is 3.75. The van der Waals surface area contributed by atoms with E-state index in [9.17, 15) is 4.79 Å². The van der Waals surface area contributed by atoms with Crippen molar-refractivity contribution in [2.24, 2.45) is 5.84 Å². The molecular formula is C11H18N4O. The van der Waals surface area contributed by atoms with Crippen LogP contribution in [0.2, 0.25) is 0 Å². The predicted molar refractivity (Wildman–Crippen MR) is 63.9 cm³/mol. The molecule has 0 aliphatic rings. The van der Waals surface area contributed by atoms with Gasteiger partial charge in [0.2, 0.25) is 0 Å². The second-order valence-corrected chi connectivity index (χ2v) is 3.75. The van der Waals surface area contributed by atoms with Crippen LogP contribution >= 0.6 is 0 Å². The summed E-state index contributed by atoms with van der Waals surface area (Å²) >= 11 is 0. The van der Waals surface area contributed by atoms with E-state index in [0.29, 0.717) is 17.8 Å². The van der Waals surface area contributed by atoms with E-state index in [2.05, 4.69) is 10.4 Å². The highest BCUT2D eigenvalue weighted by Crippen LogP contribution is 2.15. The SMILES string of the molecule is CCN(C(=O)c1cnccc1NN)C(C)C. The van der Waals surface area contributed by atoms with Crippen LogP contribution in [0.5, 0.6) is 0 Å². The maximum atomic E-state index is 12.2. The van der Waals surface area contributed by atoms with Gasteiger partial charge in [0.1, 0.15) is 0 Å². The zero-order valence-electron chi connectivity index (χ0n) is 9.90. The first-order chi connectivity index (χ1) is 7.61. The summed E-state index contributed by atoms with van der Waals surface area (Å²) in [7, 11) is 0. The largest absolute Gasteiger partial charge is 0.336 e. The molecule has 1 aromatic rings. The third kappa shape index (κ3) is 2.49. The molecule has 0 radical (unpaired) electrons. The quantitative estimate of drug-likeness (QED) is 0.594. The number of carbonyl (C=O) groups is 1. The minimum absolute atomic E-state index is 0.0569. The number of pyridine rings is 1. The molecule has 0 unspecified atom stereocenters. The summed E-state index contributed by atoms with van der Waals surface area (Å²) in [6, 6.07) is 1.84. The van der Waals surface area contributed by atoms with Crippen LogP contribution in [0, 0.1) is 0 Å². The van der Waals surface area contributed by atoms with Gasteiger partial charge in [0.25, 0.3) is 5.91 Å². The van der Waals surface area contributed by atoms with Crippen molar-refractivity contribution in [3.05, 3.63) is 24.0 Å². The molecule has 0 saturated heterocycles. The summed E-state index contributed by atoms with van der Waals surface area (Å²) in [6.45, 7) is 6.57. The molecule has 1 rings (SSSR count). The van der Waals surface area contributed by atoms with E-state index in [1.54, 1.807) is 17.2 Å². The Hall–Kier alpha value is -1.62. The van der Waals surface area contributed by atoms with E-state index in [1.165, 1.54) is 6.20 Å². The van der Waals surface area contributed by atoms with E-state index in [1.807, 2.05) is 20.8 Å². The van der Waals surface area contributed by atoms with E-state index < -0.39 is 0 Å². The van der Waals surface area contributed by atoms with Crippen molar-refractivity contribution in [2.45, 2.75) is 26.8 Å². The molecule has 1 amide bonds. The Morgan fingerprint density at radius 3 is 2.81 bits per heavy atom. The summed E-state index contributed by atoms with van der Waals surface area (Å²) in [4.78, 5) is 17.9. The number of aromatic nitrogens is 1. The second kappa shape index (κ2) is 5.46. The molecule has 0 atom stereocenters. The lowest BCUT2D eigenvalue weighted by Crippen LogP contribution is -2.37. The van der Waals surface area contributed by atoms with E-state index >= 15 is 0 Å². The van der Waals surface area contributed by atoms with Crippen LogP contribution < -0.4 is 11.3 Å². The first-order valence-corrected chi connectivity index (χ1v) is 5.33. The molecule has 0 aromatic carbocycles. The first kappa shape index (κ1) is 12.4. The minimum Gasteiger partial charge on any atom is -0.336 e. The van der Waals surface area contributed by atoms with Gasteiger partial charge in [-0.15, -0.1) is 0 Å². The summed E-state index contributed by atoms with van der Waals surface area (Å²) in [5.41, 5.74) is 3.60. The van der Waals surface area contributed by atoms with Crippen LogP contribution in [-0.4, -0.2) is 28.4 Å². The first-order valence-electron chi connectivity index (χ1n) is 5.33. The fourth-order valence-electron chi connectivity index (χ4n) is 1.59. The van der Waals surface area contributed by atoms with Gasteiger partial charge in [-0.3, -0.25) is 15.6 Å². The molecular weight excluding hydrogens is 204 g/mol. The van der Waals surface area contributed by atoms with Crippen LogP contribution in [0.3, 0.4) is 0 Å². The highest BCUT2D eigenvalue weighted by molar-refractivity contribution is 5.99. The van der Waals surface area contributed by atoms with Crippen molar-refractivity contribution in [2.75, 3.05) is 12.0 Å². The summed E-state index contributed by atoms with van der Waals surface area (Å²) in [5, 5.41) is 0. The Morgan fingerprint density at radius 1 is 1.62 bits per heavy atom. The monoisotopic (exact) mass is 222 g/mol. The molecule has 5 nitrogen and oxygen atoms in total. The molecule has 0 aliphatic heterocycles. The number of amides is 1. The number of nitrogens with one attached hydrogen (secondary N) is 1. The van der Waals surface area contributed by atoms with Crippen LogP contribution in [0.4, 0.5) is 5.69 Å². The van der Waals surface area contributed by atoms with Gasteiger partial charge < -0.3 is 10.3 Å². The lowest BCUT2D eigenvalue weighted by atomic mass is 10.2. The third-order valence-electron chi connectivity index (χ3n) is 2.43. The number of rotatable bonds is 4. The number of nitrogen functional groups attached to an aromatic ring is 1. The molecule has 16 heavy (non-hydrogen) atoms. The molecule has 0 fully saturated rings. The van der Waals surface area contributed by atoms with Gasteiger partial charge in [0.05, 0.1) is 11.3 Å². The Kier molecular flexibility index (Phi) is 4.25. The molecule has 0 spiro atoms. The zero-order chi connectivity index (χ0) is 12.1. The zero-order valence-corrected chi connectivity index (χ0v) is 9.90. The molecule has 0 bridgehead atoms. The molecule has 3 N–H and O–H groups in total. The predicted octanol–water partition coefficient (Wildman–Crippen LogP) is 1.24. The number of hydrogen-bond acceptors (Lipinski definition) is 4. The summed E-state index contributed by atoms with van der Waals surface area (Å²) < 4.78 is 0.